The van der Waals surface area contributed by atoms with Gasteiger partial charge in [-0.1, -0.05) is 11.8 Å². The summed E-state index contributed by atoms with van der Waals surface area (Å²) in [7, 11) is 0. The Morgan fingerprint density at radius 2 is 2.29 bits per heavy atom. The molecule has 8 nitrogen and oxygen atoms in total. The van der Waals surface area contributed by atoms with Gasteiger partial charge in [0.1, 0.15) is 5.37 Å². The van der Waals surface area contributed by atoms with Gasteiger partial charge in [-0.15, -0.1) is 11.8 Å². The van der Waals surface area contributed by atoms with Crippen LogP contribution in [0.1, 0.15) is 12.6 Å². The van der Waals surface area contributed by atoms with Crippen LogP contribution < -0.4 is 0 Å². The van der Waals surface area contributed by atoms with Crippen LogP contribution in [0, 0.1) is 5.92 Å². The van der Waals surface area contributed by atoms with E-state index < -0.39 is 18.0 Å². The number of thioether (sulfide) groups is 2. The molecule has 0 bridgehead atoms. The van der Waals surface area contributed by atoms with E-state index in [4.69, 9.17) is 0 Å². The Balaban J connectivity index is 1.55. The zero-order valence-electron chi connectivity index (χ0n) is 12.6. The third-order valence-corrected chi connectivity index (χ3v) is 7.27. The molecule has 10 heteroatoms. The Bertz CT molecular complexity index is 774. The van der Waals surface area contributed by atoms with Crippen molar-refractivity contribution in [3.8, 4) is 5.88 Å². The molecular formula is C14H15N3O5S2. The maximum atomic E-state index is 12.2. The molecule has 4 atom stereocenters. The van der Waals surface area contributed by atoms with Gasteiger partial charge in [0, 0.05) is 18.2 Å². The van der Waals surface area contributed by atoms with Crippen molar-refractivity contribution in [3.63, 3.8) is 0 Å². The van der Waals surface area contributed by atoms with E-state index >= 15 is 0 Å². The number of nitrogens with zero attached hydrogens (tertiary/aromatic N) is 3. The first-order chi connectivity index (χ1) is 11.4. The Hall–Kier alpha value is -1.65. The van der Waals surface area contributed by atoms with Gasteiger partial charge in [0.2, 0.25) is 11.8 Å². The van der Waals surface area contributed by atoms with Crippen molar-refractivity contribution in [2.75, 3.05) is 0 Å². The maximum Gasteiger partial charge on any atom is 0.354 e. The summed E-state index contributed by atoms with van der Waals surface area (Å²) < 4.78 is 2.44. The molecule has 0 spiro atoms. The quantitative estimate of drug-likeness (QED) is 0.654. The minimum Gasteiger partial charge on any atom is -0.492 e. The van der Waals surface area contributed by atoms with E-state index in [9.17, 15) is 24.9 Å². The topological polar surface area (TPSA) is 116 Å². The molecule has 128 valence electrons. The van der Waals surface area contributed by atoms with Crippen LogP contribution in [0.4, 0.5) is 0 Å². The fourth-order valence-electron chi connectivity index (χ4n) is 3.33. The fraction of sp³-hybridized carbons (Fsp3) is 0.500. The van der Waals surface area contributed by atoms with Gasteiger partial charge >= 0.3 is 5.97 Å². The highest BCUT2D eigenvalue weighted by atomic mass is 32.2. The van der Waals surface area contributed by atoms with Crippen LogP contribution in [-0.2, 0) is 22.6 Å². The average molecular weight is 369 g/mol. The van der Waals surface area contributed by atoms with E-state index in [1.165, 1.54) is 28.4 Å². The van der Waals surface area contributed by atoms with E-state index in [2.05, 4.69) is 4.98 Å². The average Bonchev–Trinajstić information content (AvgIpc) is 3.13. The second-order valence-electron chi connectivity index (χ2n) is 6.04. The molecule has 1 fully saturated rings. The van der Waals surface area contributed by atoms with Gasteiger partial charge in [-0.05, 0) is 6.92 Å². The van der Waals surface area contributed by atoms with Crippen LogP contribution in [0.2, 0.25) is 0 Å². The van der Waals surface area contributed by atoms with Crippen LogP contribution in [0.25, 0.3) is 0 Å². The zero-order valence-corrected chi connectivity index (χ0v) is 14.3. The summed E-state index contributed by atoms with van der Waals surface area (Å²) in [6.07, 6.45) is 1.35. The monoisotopic (exact) mass is 369 g/mol. The number of aliphatic hydroxyl groups excluding tert-OH is 1. The second-order valence-corrected chi connectivity index (χ2v) is 8.73. The van der Waals surface area contributed by atoms with Crippen LogP contribution in [0.5, 0.6) is 5.88 Å². The van der Waals surface area contributed by atoms with Crippen molar-refractivity contribution in [1.82, 2.24) is 14.5 Å². The zero-order chi connectivity index (χ0) is 17.2. The lowest BCUT2D eigenvalue weighted by Gasteiger charge is -2.43. The van der Waals surface area contributed by atoms with Crippen LogP contribution in [0.3, 0.4) is 0 Å². The molecule has 3 aliphatic rings. The van der Waals surface area contributed by atoms with E-state index in [0.717, 1.165) is 5.69 Å². The van der Waals surface area contributed by atoms with Gasteiger partial charge < -0.3 is 19.9 Å². The molecular weight excluding hydrogens is 354 g/mol. The molecule has 4 heterocycles. The van der Waals surface area contributed by atoms with Crippen molar-refractivity contribution in [3.05, 3.63) is 22.0 Å². The van der Waals surface area contributed by atoms with Crippen molar-refractivity contribution < 1.29 is 24.9 Å². The van der Waals surface area contributed by atoms with E-state index in [0.29, 0.717) is 17.2 Å². The number of amides is 1. The molecule has 1 aromatic rings. The van der Waals surface area contributed by atoms with E-state index in [1.54, 1.807) is 13.3 Å². The highest BCUT2D eigenvalue weighted by Crippen LogP contribution is 2.55. The third-order valence-electron chi connectivity index (χ3n) is 4.49. The lowest BCUT2D eigenvalue weighted by molar-refractivity contribution is -0.156. The number of β-lactam (4-membered cyclic amide) rings is 1. The molecule has 1 aromatic heterocycles. The molecule has 4 rings (SSSR count). The Kier molecular flexibility index (Phi) is 3.59. The number of carboxylic acids is 1. The summed E-state index contributed by atoms with van der Waals surface area (Å²) in [5.41, 5.74) is 0.755. The lowest BCUT2D eigenvalue weighted by Crippen LogP contribution is -2.60. The number of carbonyl (C=O) groups is 2. The molecule has 0 radical (unpaired) electrons. The maximum absolute atomic E-state index is 12.2. The number of fused-ring (bicyclic) bond motifs is 2. The van der Waals surface area contributed by atoms with Gasteiger partial charge in [0.15, 0.2) is 5.70 Å². The molecule has 24 heavy (non-hydrogen) atoms. The van der Waals surface area contributed by atoms with Crippen LogP contribution in [-0.4, -0.2) is 58.4 Å². The fourth-order valence-corrected chi connectivity index (χ4v) is 6.65. The van der Waals surface area contributed by atoms with E-state index in [1.807, 2.05) is 4.57 Å². The first-order valence-corrected chi connectivity index (χ1v) is 9.19. The molecule has 0 aromatic carbocycles. The molecule has 0 saturated carbocycles. The van der Waals surface area contributed by atoms with Crippen LogP contribution in [0.15, 0.2) is 16.3 Å². The second kappa shape index (κ2) is 5.43. The van der Waals surface area contributed by atoms with Crippen molar-refractivity contribution in [2.24, 2.45) is 5.92 Å². The molecule has 3 aliphatic heterocycles. The number of imidazole rings is 1. The summed E-state index contributed by atoms with van der Waals surface area (Å²) in [4.78, 5) is 28.9. The molecule has 0 aliphatic carbocycles. The third kappa shape index (κ3) is 2.16. The number of aliphatic carboxylic acids is 1. The Morgan fingerprint density at radius 3 is 2.92 bits per heavy atom. The first kappa shape index (κ1) is 15.9. The number of hydrogen-bond acceptors (Lipinski definition) is 7. The van der Waals surface area contributed by atoms with Crippen molar-refractivity contribution in [2.45, 2.75) is 36.6 Å². The number of aromatic nitrogens is 2. The smallest absolute Gasteiger partial charge is 0.354 e. The van der Waals surface area contributed by atoms with Gasteiger partial charge in [0.05, 0.1) is 28.3 Å². The Morgan fingerprint density at radius 1 is 1.54 bits per heavy atom. The van der Waals surface area contributed by atoms with Gasteiger partial charge in [-0.25, -0.2) is 9.78 Å². The minimum absolute atomic E-state index is 0.0100. The molecule has 1 saturated heterocycles. The number of carbonyl (C=O) groups excluding carboxylic acids is 1. The lowest BCUT2D eigenvalue weighted by atomic mass is 9.92. The minimum atomic E-state index is -1.13. The predicted octanol–water partition coefficient (Wildman–Crippen LogP) is 0.412. The summed E-state index contributed by atoms with van der Waals surface area (Å²) in [5.74, 6) is -2.02. The molecule has 1 amide bonds. The highest BCUT2D eigenvalue weighted by molar-refractivity contribution is 8.23. The summed E-state index contributed by atoms with van der Waals surface area (Å²) in [6, 6.07) is 0. The summed E-state index contributed by atoms with van der Waals surface area (Å²) in [5, 5.41) is 28.6. The summed E-state index contributed by atoms with van der Waals surface area (Å²) in [6.45, 7) is 2.18. The van der Waals surface area contributed by atoms with Crippen LogP contribution >= 0.6 is 23.5 Å². The standard InChI is InChI=1S/C14H15N3O5S2/c1-5(18)8-11(20)17-9(13(21)22)14(24-12(8)17)23-6-2-7-10(19)15-4-16(7)3-6/h4-6,8,12,18-19H,2-3H2,1H3,(H,21,22)/t5?,6?,8-,12+/m0/s1. The largest absolute Gasteiger partial charge is 0.492 e. The van der Waals surface area contributed by atoms with E-state index in [-0.39, 0.29) is 28.1 Å². The first-order valence-electron chi connectivity index (χ1n) is 7.43. The van der Waals surface area contributed by atoms with Gasteiger partial charge in [-0.2, -0.15) is 0 Å². The summed E-state index contributed by atoms with van der Waals surface area (Å²) >= 11 is 2.74. The number of hydrogen-bond donors (Lipinski definition) is 3. The van der Waals surface area contributed by atoms with Gasteiger partial charge in [-0.3, -0.25) is 9.69 Å². The van der Waals surface area contributed by atoms with Crippen molar-refractivity contribution in [1.29, 1.82) is 0 Å². The number of carboxylic acid groups (broad SMARTS) is 1. The number of aliphatic hydroxyl groups is 1. The number of aromatic hydroxyl groups is 1. The molecule has 2 unspecified atom stereocenters. The Labute approximate surface area is 145 Å². The van der Waals surface area contributed by atoms with Crippen molar-refractivity contribution >= 4 is 35.4 Å². The van der Waals surface area contributed by atoms with Gasteiger partial charge in [0.25, 0.3) is 0 Å². The molecule has 3 N–H and O–H groups in total. The predicted molar refractivity (Wildman–Crippen MR) is 87.0 cm³/mol. The SMILES string of the molecule is CC(O)[C@H]1C(=O)N2C(C(=O)O)=C(SC3Cc4c(O)ncn4C3)S[C@H]12. The normalized spacial score (nSPS) is 29.5. The highest BCUT2D eigenvalue weighted by Gasteiger charge is 2.58. The number of rotatable bonds is 4.